The highest BCUT2D eigenvalue weighted by atomic mass is 79.9. The van der Waals surface area contributed by atoms with Crippen molar-refractivity contribution in [3.05, 3.63) is 63.1 Å². The van der Waals surface area contributed by atoms with Crippen LogP contribution in [0.3, 0.4) is 0 Å². The van der Waals surface area contributed by atoms with Gasteiger partial charge in [-0.25, -0.2) is 0 Å². The molecule has 0 radical (unpaired) electrons. The van der Waals surface area contributed by atoms with Crippen LogP contribution in [0, 0.1) is 0 Å². The summed E-state index contributed by atoms with van der Waals surface area (Å²) in [6.07, 6.45) is 0. The lowest BCUT2D eigenvalue weighted by Gasteiger charge is -2.07. The molecule has 19 heavy (non-hydrogen) atoms. The number of carbonyl (C=O) groups excluding carboxylic acids is 1. The zero-order valence-corrected chi connectivity index (χ0v) is 12.3. The number of nitrogen functional groups attached to an aromatic ring is 1. The Morgan fingerprint density at radius 1 is 1.21 bits per heavy atom. The van der Waals surface area contributed by atoms with Crippen LogP contribution >= 0.6 is 27.5 Å². The van der Waals surface area contributed by atoms with Crippen LogP contribution in [0.5, 0.6) is 0 Å². The van der Waals surface area contributed by atoms with Gasteiger partial charge >= 0.3 is 0 Å². The number of halogens is 2. The first-order chi connectivity index (χ1) is 9.06. The predicted octanol–water partition coefficient (Wildman–Crippen LogP) is 3.61. The molecule has 0 aliphatic rings. The number of rotatable bonds is 3. The first-order valence-corrected chi connectivity index (χ1v) is 6.81. The van der Waals surface area contributed by atoms with Crippen molar-refractivity contribution in [1.82, 2.24) is 5.32 Å². The summed E-state index contributed by atoms with van der Waals surface area (Å²) in [5.74, 6) is -0.152. The Balaban J connectivity index is 2.03. The van der Waals surface area contributed by atoms with E-state index in [4.69, 9.17) is 17.3 Å². The van der Waals surface area contributed by atoms with Crippen molar-refractivity contribution in [2.24, 2.45) is 0 Å². The minimum Gasteiger partial charge on any atom is -0.399 e. The Hall–Kier alpha value is -1.52. The molecule has 2 aromatic rings. The lowest BCUT2D eigenvalue weighted by Crippen LogP contribution is -2.23. The zero-order valence-electron chi connectivity index (χ0n) is 9.99. The summed E-state index contributed by atoms with van der Waals surface area (Å²) in [7, 11) is 0. The molecule has 0 unspecified atom stereocenters. The molecule has 5 heteroatoms. The van der Waals surface area contributed by atoms with Crippen LogP contribution in [0.2, 0.25) is 5.02 Å². The van der Waals surface area contributed by atoms with Crippen LogP contribution in [0.1, 0.15) is 15.9 Å². The molecule has 0 aromatic heterocycles. The van der Waals surface area contributed by atoms with Crippen molar-refractivity contribution in [1.29, 1.82) is 0 Å². The van der Waals surface area contributed by atoms with Gasteiger partial charge in [0, 0.05) is 21.7 Å². The van der Waals surface area contributed by atoms with Gasteiger partial charge in [-0.1, -0.05) is 23.7 Å². The van der Waals surface area contributed by atoms with Gasteiger partial charge in [0.2, 0.25) is 0 Å². The largest absolute Gasteiger partial charge is 0.399 e. The van der Waals surface area contributed by atoms with E-state index in [0.717, 1.165) is 5.56 Å². The average molecular weight is 340 g/mol. The molecule has 1 amide bonds. The Kier molecular flexibility index (Phi) is 4.45. The molecule has 0 bridgehead atoms. The molecule has 0 atom stereocenters. The molecule has 0 aliphatic carbocycles. The number of amides is 1. The molecule has 0 aliphatic heterocycles. The summed E-state index contributed by atoms with van der Waals surface area (Å²) in [5.41, 5.74) is 7.85. The number of benzene rings is 2. The number of hydrogen-bond acceptors (Lipinski definition) is 2. The van der Waals surface area contributed by atoms with Crippen LogP contribution in [0.25, 0.3) is 0 Å². The van der Waals surface area contributed by atoms with Gasteiger partial charge in [0.05, 0.1) is 5.56 Å². The number of hydrogen-bond donors (Lipinski definition) is 2. The monoisotopic (exact) mass is 338 g/mol. The smallest absolute Gasteiger partial charge is 0.252 e. The van der Waals surface area contributed by atoms with Crippen molar-refractivity contribution in [2.45, 2.75) is 6.54 Å². The normalized spacial score (nSPS) is 10.2. The molecular formula is C14H12BrClN2O. The van der Waals surface area contributed by atoms with Crippen LogP contribution < -0.4 is 11.1 Å². The van der Waals surface area contributed by atoms with Crippen molar-refractivity contribution >= 4 is 39.1 Å². The number of nitrogens with one attached hydrogen (secondary N) is 1. The Bertz CT molecular complexity index is 599. The molecular weight excluding hydrogens is 328 g/mol. The van der Waals surface area contributed by atoms with Crippen LogP contribution in [0.15, 0.2) is 46.9 Å². The van der Waals surface area contributed by atoms with Crippen molar-refractivity contribution in [3.8, 4) is 0 Å². The molecule has 98 valence electrons. The molecule has 0 spiro atoms. The number of carbonyl (C=O) groups is 1. The van der Waals surface area contributed by atoms with E-state index in [2.05, 4.69) is 21.2 Å². The van der Waals surface area contributed by atoms with Gasteiger partial charge in [-0.05, 0) is 51.8 Å². The fourth-order valence-corrected chi connectivity index (χ4v) is 2.45. The van der Waals surface area contributed by atoms with Gasteiger partial charge in [-0.15, -0.1) is 0 Å². The van der Waals surface area contributed by atoms with Crippen LogP contribution in [0.4, 0.5) is 5.69 Å². The van der Waals surface area contributed by atoms with E-state index in [9.17, 15) is 4.79 Å². The number of anilines is 1. The first kappa shape index (κ1) is 13.9. The van der Waals surface area contributed by atoms with E-state index < -0.39 is 0 Å². The maximum atomic E-state index is 12.0. The second-order valence-electron chi connectivity index (χ2n) is 4.05. The Morgan fingerprint density at radius 3 is 2.53 bits per heavy atom. The minimum absolute atomic E-state index is 0.152. The quantitative estimate of drug-likeness (QED) is 0.839. The SMILES string of the molecule is Nc1ccc(CNC(=O)c2ccc(Cl)cc2Br)cc1. The minimum atomic E-state index is -0.152. The highest BCUT2D eigenvalue weighted by Gasteiger charge is 2.09. The third kappa shape index (κ3) is 3.72. The van der Waals surface area contributed by atoms with E-state index in [1.807, 2.05) is 12.1 Å². The fraction of sp³-hybridized carbons (Fsp3) is 0.0714. The summed E-state index contributed by atoms with van der Waals surface area (Å²) < 4.78 is 0.676. The van der Waals surface area contributed by atoms with Crippen molar-refractivity contribution in [2.75, 3.05) is 5.73 Å². The van der Waals surface area contributed by atoms with E-state index in [1.54, 1.807) is 30.3 Å². The summed E-state index contributed by atoms with van der Waals surface area (Å²) in [5, 5.41) is 3.43. The number of nitrogens with two attached hydrogens (primary N) is 1. The van der Waals surface area contributed by atoms with Gasteiger partial charge in [-0.3, -0.25) is 4.79 Å². The third-order valence-corrected chi connectivity index (χ3v) is 3.50. The summed E-state index contributed by atoms with van der Waals surface area (Å²) in [4.78, 5) is 12.0. The predicted molar refractivity (Wildman–Crippen MR) is 81.2 cm³/mol. The maximum absolute atomic E-state index is 12.0. The second kappa shape index (κ2) is 6.08. The molecule has 3 nitrogen and oxygen atoms in total. The highest BCUT2D eigenvalue weighted by Crippen LogP contribution is 2.21. The van der Waals surface area contributed by atoms with E-state index in [-0.39, 0.29) is 5.91 Å². The third-order valence-electron chi connectivity index (χ3n) is 2.61. The highest BCUT2D eigenvalue weighted by molar-refractivity contribution is 9.10. The molecule has 2 aromatic carbocycles. The van der Waals surface area contributed by atoms with Gasteiger partial charge in [0.15, 0.2) is 0 Å². The lowest BCUT2D eigenvalue weighted by atomic mass is 10.2. The average Bonchev–Trinajstić information content (AvgIpc) is 2.37. The molecule has 2 rings (SSSR count). The Labute approximate surface area is 124 Å². The van der Waals surface area contributed by atoms with E-state index in [0.29, 0.717) is 27.3 Å². The van der Waals surface area contributed by atoms with Crippen molar-refractivity contribution in [3.63, 3.8) is 0 Å². The second-order valence-corrected chi connectivity index (χ2v) is 5.34. The van der Waals surface area contributed by atoms with Crippen LogP contribution in [-0.2, 0) is 6.54 Å². The van der Waals surface area contributed by atoms with E-state index in [1.165, 1.54) is 0 Å². The maximum Gasteiger partial charge on any atom is 0.252 e. The first-order valence-electron chi connectivity index (χ1n) is 5.64. The lowest BCUT2D eigenvalue weighted by molar-refractivity contribution is 0.0950. The fourth-order valence-electron chi connectivity index (χ4n) is 1.59. The van der Waals surface area contributed by atoms with E-state index >= 15 is 0 Å². The Morgan fingerprint density at radius 2 is 1.89 bits per heavy atom. The van der Waals surface area contributed by atoms with Gasteiger partial charge in [0.25, 0.3) is 5.91 Å². The standard InChI is InChI=1S/C14H12BrClN2O/c15-13-7-10(16)3-6-12(13)14(19)18-8-9-1-4-11(17)5-2-9/h1-7H,8,17H2,(H,18,19). The molecule has 0 saturated carbocycles. The molecule has 0 fully saturated rings. The van der Waals surface area contributed by atoms with Crippen molar-refractivity contribution < 1.29 is 4.79 Å². The summed E-state index contributed by atoms with van der Waals surface area (Å²) in [6, 6.07) is 12.4. The summed E-state index contributed by atoms with van der Waals surface area (Å²) in [6.45, 7) is 0.453. The molecule has 3 N–H and O–H groups in total. The summed E-state index contributed by atoms with van der Waals surface area (Å²) >= 11 is 9.16. The molecule has 0 saturated heterocycles. The van der Waals surface area contributed by atoms with Gasteiger partial charge in [-0.2, -0.15) is 0 Å². The van der Waals surface area contributed by atoms with Gasteiger partial charge in [0.1, 0.15) is 0 Å². The van der Waals surface area contributed by atoms with Gasteiger partial charge < -0.3 is 11.1 Å². The zero-order chi connectivity index (χ0) is 13.8. The van der Waals surface area contributed by atoms with Crippen LogP contribution in [-0.4, -0.2) is 5.91 Å². The topological polar surface area (TPSA) is 55.1 Å². The molecule has 0 heterocycles.